The summed E-state index contributed by atoms with van der Waals surface area (Å²) in [7, 11) is 0. The molecule has 0 aliphatic heterocycles. The summed E-state index contributed by atoms with van der Waals surface area (Å²) in [6.45, 7) is 1.89. The minimum atomic E-state index is -0.603. The van der Waals surface area contributed by atoms with Crippen molar-refractivity contribution < 1.29 is 14.3 Å². The highest BCUT2D eigenvalue weighted by Crippen LogP contribution is 2.20. The summed E-state index contributed by atoms with van der Waals surface area (Å²) in [5.74, 6) is -0.968. The van der Waals surface area contributed by atoms with E-state index in [9.17, 15) is 14.9 Å². The predicted octanol–water partition coefficient (Wildman–Crippen LogP) is 2.97. The van der Waals surface area contributed by atoms with Crippen LogP contribution in [0.5, 0.6) is 0 Å². The topological polar surface area (TPSA) is 67.2 Å². The fraction of sp³-hybridized carbons (Fsp3) is 0.118. The standard InChI is InChI=1S/C17H13NO3/c1-2-21-17(20)14-10-6-9-13(11-18)15(14)16(19)12-7-4-3-5-8-12/h3-10H,2H2,1H3. The molecule has 0 saturated carbocycles. The van der Waals surface area contributed by atoms with Gasteiger partial charge in [0.05, 0.1) is 29.4 Å². The van der Waals surface area contributed by atoms with E-state index in [-0.39, 0.29) is 29.1 Å². The third kappa shape index (κ3) is 2.98. The second-order valence-corrected chi connectivity index (χ2v) is 4.26. The number of nitrogens with zero attached hydrogens (tertiary/aromatic N) is 1. The highest BCUT2D eigenvalue weighted by atomic mass is 16.5. The van der Waals surface area contributed by atoms with E-state index in [2.05, 4.69) is 0 Å². The molecule has 0 amide bonds. The molecule has 4 heteroatoms. The monoisotopic (exact) mass is 279 g/mol. The lowest BCUT2D eigenvalue weighted by Gasteiger charge is -2.09. The van der Waals surface area contributed by atoms with Crippen molar-refractivity contribution in [2.24, 2.45) is 0 Å². The van der Waals surface area contributed by atoms with E-state index in [4.69, 9.17) is 4.74 Å². The lowest BCUT2D eigenvalue weighted by Crippen LogP contribution is -2.14. The van der Waals surface area contributed by atoms with E-state index in [1.165, 1.54) is 12.1 Å². The number of ether oxygens (including phenoxy) is 1. The number of ketones is 1. The van der Waals surface area contributed by atoms with Crippen LogP contribution in [-0.4, -0.2) is 18.4 Å². The third-order valence-corrected chi connectivity index (χ3v) is 2.94. The van der Waals surface area contributed by atoms with Crippen LogP contribution >= 0.6 is 0 Å². The zero-order valence-electron chi connectivity index (χ0n) is 11.5. The van der Waals surface area contributed by atoms with Crippen LogP contribution in [0.2, 0.25) is 0 Å². The van der Waals surface area contributed by atoms with Gasteiger partial charge in [0.2, 0.25) is 0 Å². The largest absolute Gasteiger partial charge is 0.462 e. The maximum atomic E-state index is 12.6. The number of esters is 1. The molecule has 0 aliphatic carbocycles. The van der Waals surface area contributed by atoms with E-state index in [1.54, 1.807) is 43.3 Å². The quantitative estimate of drug-likeness (QED) is 0.637. The lowest BCUT2D eigenvalue weighted by atomic mass is 9.94. The number of carbonyl (C=O) groups is 2. The van der Waals surface area contributed by atoms with Crippen LogP contribution in [-0.2, 0) is 4.74 Å². The molecule has 0 bridgehead atoms. The Balaban J connectivity index is 2.58. The maximum absolute atomic E-state index is 12.6. The summed E-state index contributed by atoms with van der Waals surface area (Å²) in [6, 6.07) is 15.1. The van der Waals surface area contributed by atoms with Crippen molar-refractivity contribution in [1.29, 1.82) is 5.26 Å². The third-order valence-electron chi connectivity index (χ3n) is 2.94. The Morgan fingerprint density at radius 2 is 1.81 bits per heavy atom. The molecule has 0 radical (unpaired) electrons. The van der Waals surface area contributed by atoms with Gasteiger partial charge in [-0.05, 0) is 19.1 Å². The lowest BCUT2D eigenvalue weighted by molar-refractivity contribution is 0.0523. The SMILES string of the molecule is CCOC(=O)c1cccc(C#N)c1C(=O)c1ccccc1. The fourth-order valence-electron chi connectivity index (χ4n) is 2.00. The van der Waals surface area contributed by atoms with Gasteiger partial charge in [0.1, 0.15) is 0 Å². The molecule has 0 aromatic heterocycles. The molecule has 0 spiro atoms. The van der Waals surface area contributed by atoms with Gasteiger partial charge in [-0.25, -0.2) is 4.79 Å². The normalized spacial score (nSPS) is 9.71. The van der Waals surface area contributed by atoms with Gasteiger partial charge in [-0.1, -0.05) is 36.4 Å². The Morgan fingerprint density at radius 1 is 1.10 bits per heavy atom. The molecule has 0 saturated heterocycles. The molecule has 2 aromatic rings. The first-order valence-corrected chi connectivity index (χ1v) is 6.49. The highest BCUT2D eigenvalue weighted by Gasteiger charge is 2.22. The van der Waals surface area contributed by atoms with Gasteiger partial charge in [0.15, 0.2) is 5.78 Å². The second-order valence-electron chi connectivity index (χ2n) is 4.26. The van der Waals surface area contributed by atoms with E-state index in [1.807, 2.05) is 6.07 Å². The van der Waals surface area contributed by atoms with Crippen LogP contribution in [0.1, 0.15) is 38.8 Å². The van der Waals surface area contributed by atoms with E-state index in [0.29, 0.717) is 5.56 Å². The molecule has 4 nitrogen and oxygen atoms in total. The first kappa shape index (κ1) is 14.5. The molecule has 0 aliphatic rings. The van der Waals surface area contributed by atoms with Gasteiger partial charge in [-0.15, -0.1) is 0 Å². The Labute approximate surface area is 122 Å². The van der Waals surface area contributed by atoms with E-state index >= 15 is 0 Å². The number of benzene rings is 2. The Hall–Kier alpha value is -2.93. The number of carbonyl (C=O) groups excluding carboxylic acids is 2. The van der Waals surface area contributed by atoms with Crippen molar-refractivity contribution in [2.75, 3.05) is 6.61 Å². The van der Waals surface area contributed by atoms with E-state index in [0.717, 1.165) is 0 Å². The average Bonchev–Trinajstić information content (AvgIpc) is 2.54. The molecule has 104 valence electrons. The maximum Gasteiger partial charge on any atom is 0.338 e. The molecule has 2 aromatic carbocycles. The zero-order chi connectivity index (χ0) is 15.2. The fourth-order valence-corrected chi connectivity index (χ4v) is 2.00. The predicted molar refractivity (Wildman–Crippen MR) is 77.0 cm³/mol. The minimum Gasteiger partial charge on any atom is -0.462 e. The molecule has 0 atom stereocenters. The van der Waals surface area contributed by atoms with Crippen molar-refractivity contribution in [3.63, 3.8) is 0 Å². The summed E-state index contributed by atoms with van der Waals surface area (Å²) in [6.07, 6.45) is 0. The highest BCUT2D eigenvalue weighted by molar-refractivity contribution is 6.15. The Bertz CT molecular complexity index is 715. The summed E-state index contributed by atoms with van der Waals surface area (Å²) in [4.78, 5) is 24.6. The Kier molecular flexibility index (Phi) is 4.47. The summed E-state index contributed by atoms with van der Waals surface area (Å²) in [5.41, 5.74) is 0.787. The minimum absolute atomic E-state index is 0.0876. The van der Waals surface area contributed by atoms with Crippen LogP contribution in [0, 0.1) is 11.3 Å². The molecule has 0 unspecified atom stereocenters. The molecule has 0 fully saturated rings. The number of nitriles is 1. The number of hydrogen-bond donors (Lipinski definition) is 0. The summed E-state index contributed by atoms with van der Waals surface area (Å²) in [5, 5.41) is 9.20. The van der Waals surface area contributed by atoms with Crippen molar-refractivity contribution in [3.05, 3.63) is 70.8 Å². The van der Waals surface area contributed by atoms with Crippen molar-refractivity contribution in [1.82, 2.24) is 0 Å². The second kappa shape index (κ2) is 6.49. The van der Waals surface area contributed by atoms with Gasteiger partial charge in [-0.3, -0.25) is 4.79 Å². The first-order chi connectivity index (χ1) is 10.2. The summed E-state index contributed by atoms with van der Waals surface area (Å²) < 4.78 is 4.95. The van der Waals surface area contributed by atoms with Crippen LogP contribution in [0.3, 0.4) is 0 Å². The smallest absolute Gasteiger partial charge is 0.338 e. The molecular weight excluding hydrogens is 266 g/mol. The number of rotatable bonds is 4. The molecule has 0 N–H and O–H groups in total. The van der Waals surface area contributed by atoms with Crippen LogP contribution < -0.4 is 0 Å². The van der Waals surface area contributed by atoms with Crippen LogP contribution in [0.25, 0.3) is 0 Å². The van der Waals surface area contributed by atoms with Crippen LogP contribution in [0.15, 0.2) is 48.5 Å². The van der Waals surface area contributed by atoms with Gasteiger partial charge in [0, 0.05) is 5.56 Å². The average molecular weight is 279 g/mol. The van der Waals surface area contributed by atoms with Crippen molar-refractivity contribution in [3.8, 4) is 6.07 Å². The number of hydrogen-bond acceptors (Lipinski definition) is 4. The molecule has 21 heavy (non-hydrogen) atoms. The van der Waals surface area contributed by atoms with Gasteiger partial charge >= 0.3 is 5.97 Å². The van der Waals surface area contributed by atoms with Crippen molar-refractivity contribution in [2.45, 2.75) is 6.92 Å². The van der Waals surface area contributed by atoms with E-state index < -0.39 is 5.97 Å². The van der Waals surface area contributed by atoms with Crippen molar-refractivity contribution >= 4 is 11.8 Å². The van der Waals surface area contributed by atoms with Gasteiger partial charge in [0.25, 0.3) is 0 Å². The zero-order valence-corrected chi connectivity index (χ0v) is 11.5. The van der Waals surface area contributed by atoms with Crippen LogP contribution in [0.4, 0.5) is 0 Å². The molecule has 2 rings (SSSR count). The first-order valence-electron chi connectivity index (χ1n) is 6.49. The molecular formula is C17H13NO3. The summed E-state index contributed by atoms with van der Waals surface area (Å²) >= 11 is 0. The molecule has 0 heterocycles. The van der Waals surface area contributed by atoms with Gasteiger partial charge < -0.3 is 4.74 Å². The van der Waals surface area contributed by atoms with Gasteiger partial charge in [-0.2, -0.15) is 5.26 Å². The Morgan fingerprint density at radius 3 is 2.43 bits per heavy atom.